The molecule has 0 spiro atoms. The third-order valence-electron chi connectivity index (χ3n) is 23.9. The molecule has 13 rings (SSSR count). The number of nitrogen functional groups attached to an aromatic ring is 2. The number of aromatic nitrogens is 8. The highest BCUT2D eigenvalue weighted by Gasteiger charge is 2.52. The third-order valence-corrected chi connectivity index (χ3v) is 23.9. The molecule has 8 aromatic rings. The Balaban J connectivity index is 0.000000217. The van der Waals surface area contributed by atoms with Gasteiger partial charge < -0.3 is 109 Å². The topological polar surface area (TPSA) is 528 Å². The van der Waals surface area contributed by atoms with Crippen LogP contribution < -0.4 is 27.8 Å². The number of hydrogen-bond acceptors (Lipinski definition) is 36. The lowest BCUT2D eigenvalue weighted by atomic mass is 9.87. The zero-order valence-electron chi connectivity index (χ0n) is 80.6. The maximum atomic E-state index is 13.3. The van der Waals surface area contributed by atoms with E-state index in [1.165, 1.54) is 19.6 Å². The first-order chi connectivity index (χ1) is 67.2. The fraction of sp³-hybridized carbons (Fsp3) is 0.561. The van der Waals surface area contributed by atoms with E-state index in [-0.39, 0.29) is 98.0 Å². The van der Waals surface area contributed by atoms with Gasteiger partial charge in [-0.1, -0.05) is 133 Å². The minimum absolute atomic E-state index is 0.0000567. The van der Waals surface area contributed by atoms with Crippen molar-refractivity contribution < 1.29 is 125 Å². The van der Waals surface area contributed by atoms with E-state index >= 15 is 0 Å². The minimum atomic E-state index is -1.21. The molecule has 9 heterocycles. The molecule has 4 amide bonds. The van der Waals surface area contributed by atoms with Gasteiger partial charge in [0.15, 0.2) is 54.1 Å². The molecule has 0 radical (unpaired) electrons. The second kappa shape index (κ2) is 56.6. The van der Waals surface area contributed by atoms with E-state index in [9.17, 15) is 53.4 Å². The van der Waals surface area contributed by atoms with Crippen LogP contribution in [0, 0.1) is 11.8 Å². The number of anilines is 2. The molecule has 41 nitrogen and oxygen atoms in total. The monoisotopic (exact) mass is 1940 g/mol. The maximum Gasteiger partial charge on any atom is 0.338 e. The Labute approximate surface area is 808 Å². The van der Waals surface area contributed by atoms with Gasteiger partial charge in [-0.05, 0) is 140 Å². The number of nitrogens with two attached hydrogens (primary N) is 3. The van der Waals surface area contributed by atoms with Crippen LogP contribution in [0.2, 0.25) is 0 Å². The number of nitrogens with one attached hydrogen (secondary N) is 2. The third kappa shape index (κ3) is 31.5. The molecule has 5 aliphatic rings. The smallest absolute Gasteiger partial charge is 0.338 e. The molecule has 5 aliphatic heterocycles. The zero-order valence-corrected chi connectivity index (χ0v) is 80.6. The van der Waals surface area contributed by atoms with Gasteiger partial charge in [-0.25, -0.2) is 53.9 Å². The number of methoxy groups -OCH3 is 2. The summed E-state index contributed by atoms with van der Waals surface area (Å²) in [6.45, 7) is 13.5. The minimum Gasteiger partial charge on any atom is -0.459 e. The fourth-order valence-corrected chi connectivity index (χ4v) is 16.5. The van der Waals surface area contributed by atoms with Crippen molar-refractivity contribution in [1.29, 1.82) is 0 Å². The van der Waals surface area contributed by atoms with Crippen LogP contribution in [0.25, 0.3) is 22.3 Å². The van der Waals surface area contributed by atoms with Gasteiger partial charge in [-0.2, -0.15) is 0 Å². The van der Waals surface area contributed by atoms with Crippen molar-refractivity contribution in [3.63, 3.8) is 0 Å². The number of carbonyl (C=O) groups is 9. The fourth-order valence-electron chi connectivity index (χ4n) is 16.5. The number of aliphatic hydroxyl groups is 2. The number of fused-ring (bicyclic) bond motifs is 2. The summed E-state index contributed by atoms with van der Waals surface area (Å²) in [5, 5.41) is 28.3. The molecule has 10 N–H and O–H groups in total. The summed E-state index contributed by atoms with van der Waals surface area (Å²) in [6, 6.07) is 32.9. The summed E-state index contributed by atoms with van der Waals surface area (Å²) in [5.74, 6) is -4.92. The van der Waals surface area contributed by atoms with E-state index in [1.807, 2.05) is 52.8 Å². The van der Waals surface area contributed by atoms with Gasteiger partial charge in [0.2, 0.25) is 18.2 Å². The number of hydroxylamine groups is 2. The molecule has 4 aromatic heterocycles. The quantitative estimate of drug-likeness (QED) is 0.00613. The van der Waals surface area contributed by atoms with Crippen LogP contribution >= 0.6 is 0 Å². The largest absolute Gasteiger partial charge is 0.459 e. The number of aliphatic hydroxyl groups excluding tert-OH is 2. The van der Waals surface area contributed by atoms with Gasteiger partial charge >= 0.3 is 29.8 Å². The number of esters is 4. The standard InChI is InChI=1S/C39H57N7O9.C37H37NO12.C17H28N6O3.C5H13NO2/c1-5-27-24(3)33(55-38(50)26-16-10-9-11-17-26)30(45-25(4)47)39(54-27)52-21-15-12-18-29(48)41-19-13-7-8-14-20-51-34-28(6-2)53-37(32(34)49)46-23-44-31-35(40)42-22-43-36(31)46;1-24-32(48-35(43)26-15-7-3-8-16-26)33(49-36(44)27-17-9-4-10-18-27)28(23-46-34(42)25-13-5-2-6-14-25)47-37(24)45-22-12-11-19-31(41)50-38-29(39)20-21-30(38)40;1-2-11-14(25-8-6-4-3-5-7-18)13(24)17(26-11)23-10-22-12-15(19)20-9-21-16(12)23;1-6(2)5(7-3)8-4/h9-11,16-17,22-24,27-28,30,32-34,37,39,49H,5-8,12-15,18-21H2,1-4H3,(H,41,48)(H,45,47)(H2,40,42,43);2-10,13-18,24,28,32-33,37H,11-12,19-23H2,1H3;9-11,13-14,17,24H,2-8,18H2,1H3,(H2,19,20,21);5H,1-4H3/t24-,27+,28+,30+,32?,33-,34-,37+,39+;24-,28-,32-,33+,37-;11-,13?,14+,17-;/m011./s1. The van der Waals surface area contributed by atoms with Crippen LogP contribution in [0.15, 0.2) is 147 Å². The summed E-state index contributed by atoms with van der Waals surface area (Å²) in [4.78, 5) is 145. The molecule has 758 valence electrons. The van der Waals surface area contributed by atoms with Crippen molar-refractivity contribution in [2.75, 3.05) is 85.9 Å². The Hall–Kier alpha value is -11.6. The molecule has 2 unspecified atom stereocenters. The number of unbranched alkanes of at least 4 members (excludes halogenated alkanes) is 8. The van der Waals surface area contributed by atoms with E-state index in [0.29, 0.717) is 116 Å². The van der Waals surface area contributed by atoms with Crippen LogP contribution in [-0.4, -0.2) is 279 Å². The highest BCUT2D eigenvalue weighted by molar-refractivity contribution is 6.01. The molecule has 139 heavy (non-hydrogen) atoms. The van der Waals surface area contributed by atoms with Crippen molar-refractivity contribution >= 4 is 87.4 Å². The first-order valence-electron chi connectivity index (χ1n) is 47.6. The van der Waals surface area contributed by atoms with Crippen molar-refractivity contribution in [2.24, 2.45) is 17.6 Å². The number of amides is 4. The second-order valence-electron chi connectivity index (χ2n) is 34.3. The van der Waals surface area contributed by atoms with E-state index in [4.69, 9.17) is 88.4 Å². The Morgan fingerprint density at radius 3 is 1.37 bits per heavy atom. The average molecular weight is 1940 g/mol. The lowest BCUT2D eigenvalue weighted by molar-refractivity contribution is -0.281. The van der Waals surface area contributed by atoms with Gasteiger partial charge in [-0.3, -0.25) is 33.2 Å². The molecule has 41 heteroatoms. The predicted octanol–water partition coefficient (Wildman–Crippen LogP) is 9.38. The lowest BCUT2D eigenvalue weighted by Gasteiger charge is -2.45. The number of rotatable bonds is 46. The lowest BCUT2D eigenvalue weighted by Crippen LogP contribution is -2.62. The predicted molar refractivity (Wildman–Crippen MR) is 504 cm³/mol. The molecule has 0 saturated carbocycles. The summed E-state index contributed by atoms with van der Waals surface area (Å²) < 4.78 is 85.5. The molecule has 5 saturated heterocycles. The number of imidazole rings is 2. The number of benzene rings is 4. The van der Waals surface area contributed by atoms with Crippen molar-refractivity contribution in [2.45, 2.75) is 268 Å². The molecule has 0 bridgehead atoms. The number of hydrogen-bond donors (Lipinski definition) is 7. The molecular weight excluding hydrogens is 1800 g/mol. The van der Waals surface area contributed by atoms with E-state index in [1.54, 1.807) is 158 Å². The molecule has 4 aromatic carbocycles. The SMILES string of the molecule is CC[C@H]1O[C@@H](OCCCCC(=O)NCCCCCCO[C@@H]2C(O)[C@H](n3cnc4c(N)ncnc43)O[C@@H]2CC)[C@H](NC(C)=O)[C@@H](OC(=O)c2ccccc2)[C@H]1C.CC[C@H]1O[C@@H](n2cnc3c(N)ncnc32)C(O)[C@H]1OCCCCCCN.COC(OC)N(C)C.C[C@H]1[C@H](OCCCCC(=O)ON2C(=O)CCC2=O)O[C@H](COC(=O)c2ccccc2)[C@H](OC(=O)c2ccccc2)[C@@H]1OC(=O)c1ccccc1. The highest BCUT2D eigenvalue weighted by Crippen LogP contribution is 2.39. The van der Waals surface area contributed by atoms with Crippen LogP contribution in [-0.2, 0) is 95.1 Å². The van der Waals surface area contributed by atoms with E-state index in [2.05, 4.69) is 40.5 Å². The maximum absolute atomic E-state index is 13.3. The number of nitrogens with zero attached hydrogens (tertiary/aromatic N) is 10. The van der Waals surface area contributed by atoms with Gasteiger partial charge in [0, 0.05) is 91.6 Å². The number of imide groups is 1. The summed E-state index contributed by atoms with van der Waals surface area (Å²) in [6.07, 6.45) is 7.16. The average Bonchev–Trinajstić information content (AvgIpc) is 1.75. The molecule has 0 aliphatic carbocycles. The first kappa shape index (κ1) is 109. The Bertz CT molecular complexity index is 5110. The van der Waals surface area contributed by atoms with Gasteiger partial charge in [0.1, 0.15) is 79.1 Å². The van der Waals surface area contributed by atoms with Crippen molar-refractivity contribution in [1.82, 2.24) is 59.6 Å². The van der Waals surface area contributed by atoms with E-state index in [0.717, 1.165) is 64.3 Å². The van der Waals surface area contributed by atoms with Crippen LogP contribution in [0.4, 0.5) is 11.6 Å². The highest BCUT2D eigenvalue weighted by atomic mass is 16.7. The van der Waals surface area contributed by atoms with Gasteiger partial charge in [-0.15, -0.1) is 5.06 Å². The zero-order chi connectivity index (χ0) is 99.9. The van der Waals surface area contributed by atoms with Crippen LogP contribution in [0.5, 0.6) is 0 Å². The first-order valence-corrected chi connectivity index (χ1v) is 47.6. The Morgan fingerprint density at radius 2 is 0.914 bits per heavy atom. The Kier molecular flexibility index (Phi) is 44.6. The molecule has 5 fully saturated rings. The second-order valence-corrected chi connectivity index (χ2v) is 34.3. The number of carbonyl (C=O) groups excluding carboxylic acids is 9. The summed E-state index contributed by atoms with van der Waals surface area (Å²) >= 11 is 0. The van der Waals surface area contributed by atoms with Gasteiger partial charge in [0.25, 0.3) is 11.8 Å². The molecule has 18 atom stereocenters. The summed E-state index contributed by atoms with van der Waals surface area (Å²) in [5.41, 5.74) is 20.5. The summed E-state index contributed by atoms with van der Waals surface area (Å²) in [7, 11) is 6.98. The molecular formula is C98H135N15O26. The van der Waals surface area contributed by atoms with E-state index < -0.39 is 121 Å². The van der Waals surface area contributed by atoms with Crippen LogP contribution in [0.3, 0.4) is 0 Å². The Morgan fingerprint density at radius 1 is 0.489 bits per heavy atom. The van der Waals surface area contributed by atoms with Gasteiger partial charge in [0.05, 0.1) is 53.2 Å². The normalized spacial score (nSPS) is 23.8. The van der Waals surface area contributed by atoms with Crippen molar-refractivity contribution in [3.05, 3.63) is 169 Å². The van der Waals surface area contributed by atoms with Crippen LogP contribution in [0.1, 0.15) is 217 Å². The van der Waals surface area contributed by atoms with Crippen molar-refractivity contribution in [3.8, 4) is 0 Å². The number of ether oxygens (including phenoxy) is 14.